The van der Waals surface area contributed by atoms with Crippen molar-refractivity contribution in [2.75, 3.05) is 5.32 Å². The molecular formula is C18H20F3N3. The molecule has 0 radical (unpaired) electrons. The molecule has 0 amide bonds. The van der Waals surface area contributed by atoms with Crippen LogP contribution in [0.2, 0.25) is 0 Å². The number of hydrogen-bond donors (Lipinski definition) is 1. The minimum Gasteiger partial charge on any atom is -0.367 e. The van der Waals surface area contributed by atoms with E-state index in [9.17, 15) is 13.2 Å². The Labute approximate surface area is 139 Å². The molecule has 1 aliphatic rings. The first-order valence-electron chi connectivity index (χ1n) is 8.17. The maximum absolute atomic E-state index is 12.5. The molecule has 0 unspecified atom stereocenters. The van der Waals surface area contributed by atoms with Crippen LogP contribution in [0.5, 0.6) is 0 Å². The van der Waals surface area contributed by atoms with Gasteiger partial charge in [-0.1, -0.05) is 37.1 Å². The van der Waals surface area contributed by atoms with E-state index in [4.69, 9.17) is 0 Å². The third-order valence-electron chi connectivity index (χ3n) is 4.27. The van der Waals surface area contributed by atoms with Crippen LogP contribution in [-0.4, -0.2) is 22.2 Å². The topological polar surface area (TPSA) is 37.8 Å². The van der Waals surface area contributed by atoms with Crippen molar-refractivity contribution in [2.24, 2.45) is 0 Å². The Kier molecular flexibility index (Phi) is 4.73. The van der Waals surface area contributed by atoms with E-state index in [1.54, 1.807) is 18.3 Å². The molecule has 1 saturated carbocycles. The Balaban J connectivity index is 1.85. The zero-order chi connectivity index (χ0) is 17.2. The maximum Gasteiger partial charge on any atom is 0.393 e. The van der Waals surface area contributed by atoms with Crippen molar-refractivity contribution in [1.82, 2.24) is 9.97 Å². The highest BCUT2D eigenvalue weighted by atomic mass is 19.4. The minimum absolute atomic E-state index is 0.254. The Bertz CT molecular complexity index is 690. The van der Waals surface area contributed by atoms with Gasteiger partial charge in [-0.3, -0.25) is 0 Å². The van der Waals surface area contributed by atoms with Crippen molar-refractivity contribution >= 4 is 5.82 Å². The SMILES string of the molecule is Cc1ncc(-c2ccc(CC(F)(F)F)cc2)c(NC2CCCC2)n1. The summed E-state index contributed by atoms with van der Waals surface area (Å²) in [5.41, 5.74) is 1.90. The second-order valence-corrected chi connectivity index (χ2v) is 6.29. The number of aromatic nitrogens is 2. The smallest absolute Gasteiger partial charge is 0.367 e. The summed E-state index contributed by atoms with van der Waals surface area (Å²) >= 11 is 0. The fourth-order valence-corrected chi connectivity index (χ4v) is 3.09. The average Bonchev–Trinajstić information content (AvgIpc) is 3.00. The fraction of sp³-hybridized carbons (Fsp3) is 0.444. The van der Waals surface area contributed by atoms with Crippen molar-refractivity contribution < 1.29 is 13.2 Å². The van der Waals surface area contributed by atoms with Gasteiger partial charge in [-0.2, -0.15) is 13.2 Å². The molecule has 1 fully saturated rings. The molecule has 1 aliphatic carbocycles. The van der Waals surface area contributed by atoms with Crippen LogP contribution in [0.1, 0.15) is 37.1 Å². The summed E-state index contributed by atoms with van der Waals surface area (Å²) in [5.74, 6) is 1.44. The third-order valence-corrected chi connectivity index (χ3v) is 4.27. The van der Waals surface area contributed by atoms with Crippen LogP contribution in [0.4, 0.5) is 19.0 Å². The van der Waals surface area contributed by atoms with Gasteiger partial charge in [0, 0.05) is 17.8 Å². The Morgan fingerprint density at radius 1 is 1.12 bits per heavy atom. The van der Waals surface area contributed by atoms with E-state index >= 15 is 0 Å². The number of hydrogen-bond acceptors (Lipinski definition) is 3. The quantitative estimate of drug-likeness (QED) is 0.862. The number of aryl methyl sites for hydroxylation is 1. The molecule has 0 saturated heterocycles. The fourth-order valence-electron chi connectivity index (χ4n) is 3.09. The molecule has 0 aliphatic heterocycles. The number of nitrogens with zero attached hydrogens (tertiary/aromatic N) is 2. The van der Waals surface area contributed by atoms with E-state index in [1.165, 1.54) is 25.0 Å². The molecule has 24 heavy (non-hydrogen) atoms. The molecule has 0 bridgehead atoms. The van der Waals surface area contributed by atoms with Crippen LogP contribution in [0.15, 0.2) is 30.5 Å². The first-order valence-corrected chi connectivity index (χ1v) is 8.17. The second kappa shape index (κ2) is 6.79. The normalized spacial score (nSPS) is 15.7. The molecule has 6 heteroatoms. The summed E-state index contributed by atoms with van der Waals surface area (Å²) in [6, 6.07) is 6.84. The Hall–Kier alpha value is -2.11. The molecule has 0 atom stereocenters. The van der Waals surface area contributed by atoms with Crippen LogP contribution < -0.4 is 5.32 Å². The molecule has 0 spiro atoms. The van der Waals surface area contributed by atoms with E-state index in [0.29, 0.717) is 11.9 Å². The molecule has 2 aromatic rings. The van der Waals surface area contributed by atoms with Crippen molar-refractivity contribution in [3.63, 3.8) is 0 Å². The summed E-state index contributed by atoms with van der Waals surface area (Å²) in [4.78, 5) is 8.73. The van der Waals surface area contributed by atoms with E-state index < -0.39 is 12.6 Å². The van der Waals surface area contributed by atoms with Crippen molar-refractivity contribution in [3.8, 4) is 11.1 Å². The predicted molar refractivity (Wildman–Crippen MR) is 87.8 cm³/mol. The second-order valence-electron chi connectivity index (χ2n) is 6.29. The highest BCUT2D eigenvalue weighted by molar-refractivity contribution is 5.74. The van der Waals surface area contributed by atoms with E-state index in [2.05, 4.69) is 15.3 Å². The monoisotopic (exact) mass is 335 g/mol. The van der Waals surface area contributed by atoms with Crippen LogP contribution in [0, 0.1) is 6.92 Å². The lowest BCUT2D eigenvalue weighted by molar-refractivity contribution is -0.127. The Morgan fingerprint density at radius 2 is 1.79 bits per heavy atom. The lowest BCUT2D eigenvalue weighted by atomic mass is 10.0. The van der Waals surface area contributed by atoms with Crippen LogP contribution in [-0.2, 0) is 6.42 Å². The average molecular weight is 335 g/mol. The standard InChI is InChI=1S/C18H20F3N3/c1-12-22-11-16(17(23-12)24-15-4-2-3-5-15)14-8-6-13(7-9-14)10-18(19,20)21/h6-9,11,15H,2-5,10H2,1H3,(H,22,23,24). The molecule has 3 rings (SSSR count). The summed E-state index contributed by atoms with van der Waals surface area (Å²) in [7, 11) is 0. The maximum atomic E-state index is 12.5. The van der Waals surface area contributed by atoms with Gasteiger partial charge >= 0.3 is 6.18 Å². The zero-order valence-electron chi connectivity index (χ0n) is 13.5. The zero-order valence-corrected chi connectivity index (χ0v) is 13.5. The molecule has 1 aromatic carbocycles. The van der Waals surface area contributed by atoms with Gasteiger partial charge in [-0.15, -0.1) is 0 Å². The van der Waals surface area contributed by atoms with Gasteiger partial charge < -0.3 is 5.32 Å². The summed E-state index contributed by atoms with van der Waals surface area (Å²) in [6.45, 7) is 1.83. The minimum atomic E-state index is -4.19. The lowest BCUT2D eigenvalue weighted by Gasteiger charge is -2.16. The van der Waals surface area contributed by atoms with Crippen molar-refractivity contribution in [1.29, 1.82) is 0 Å². The number of anilines is 1. The molecular weight excluding hydrogens is 315 g/mol. The third kappa shape index (κ3) is 4.24. The number of rotatable bonds is 4. The summed E-state index contributed by atoms with van der Waals surface area (Å²) in [6.07, 6.45) is 1.29. The van der Waals surface area contributed by atoms with E-state index in [-0.39, 0.29) is 5.56 Å². The largest absolute Gasteiger partial charge is 0.393 e. The molecule has 128 valence electrons. The molecule has 1 heterocycles. The highest BCUT2D eigenvalue weighted by Gasteiger charge is 2.27. The van der Waals surface area contributed by atoms with Crippen molar-refractivity contribution in [2.45, 2.75) is 51.2 Å². The summed E-state index contributed by atoms with van der Waals surface area (Å²) < 4.78 is 37.4. The van der Waals surface area contributed by atoms with Gasteiger partial charge in [0.2, 0.25) is 0 Å². The first kappa shape index (κ1) is 16.7. The molecule has 3 nitrogen and oxygen atoms in total. The van der Waals surface area contributed by atoms with Crippen LogP contribution >= 0.6 is 0 Å². The number of benzene rings is 1. The van der Waals surface area contributed by atoms with Gasteiger partial charge in [0.25, 0.3) is 0 Å². The van der Waals surface area contributed by atoms with Gasteiger partial charge in [0.1, 0.15) is 11.6 Å². The highest BCUT2D eigenvalue weighted by Crippen LogP contribution is 2.30. The first-order chi connectivity index (χ1) is 11.4. The van der Waals surface area contributed by atoms with Gasteiger partial charge in [-0.05, 0) is 30.9 Å². The molecule has 1 aromatic heterocycles. The van der Waals surface area contributed by atoms with Gasteiger partial charge in [0.15, 0.2) is 0 Å². The van der Waals surface area contributed by atoms with Gasteiger partial charge in [-0.25, -0.2) is 9.97 Å². The van der Waals surface area contributed by atoms with Crippen LogP contribution in [0.25, 0.3) is 11.1 Å². The predicted octanol–water partition coefficient (Wildman–Crippen LogP) is 4.91. The van der Waals surface area contributed by atoms with Crippen LogP contribution in [0.3, 0.4) is 0 Å². The Morgan fingerprint density at radius 3 is 2.42 bits per heavy atom. The van der Waals surface area contributed by atoms with Gasteiger partial charge in [0.05, 0.1) is 6.42 Å². The van der Waals surface area contributed by atoms with E-state index in [0.717, 1.165) is 29.8 Å². The number of halogens is 3. The lowest BCUT2D eigenvalue weighted by Crippen LogP contribution is -2.17. The number of alkyl halides is 3. The van der Waals surface area contributed by atoms with Crippen molar-refractivity contribution in [3.05, 3.63) is 41.9 Å². The molecule has 1 N–H and O–H groups in total. The van der Waals surface area contributed by atoms with E-state index in [1.807, 2.05) is 6.92 Å². The summed E-state index contributed by atoms with van der Waals surface area (Å²) in [5, 5.41) is 3.47. The number of nitrogens with one attached hydrogen (secondary N) is 1.